The molecular formula is C11H17N3O. The number of fused-ring (bicyclic) bond motifs is 1. The molecule has 1 atom stereocenters. The second kappa shape index (κ2) is 4.14. The van der Waals surface area contributed by atoms with Gasteiger partial charge in [0.05, 0.1) is 6.54 Å². The highest BCUT2D eigenvalue weighted by Crippen LogP contribution is 2.14. The third-order valence-electron chi connectivity index (χ3n) is 2.98. The molecule has 1 aromatic heterocycles. The fourth-order valence-corrected chi connectivity index (χ4v) is 2.11. The van der Waals surface area contributed by atoms with Gasteiger partial charge in [-0.2, -0.15) is 0 Å². The van der Waals surface area contributed by atoms with Crippen molar-refractivity contribution in [3.63, 3.8) is 0 Å². The predicted molar refractivity (Wildman–Crippen MR) is 57.4 cm³/mol. The van der Waals surface area contributed by atoms with Gasteiger partial charge in [-0.05, 0) is 13.8 Å². The molecule has 0 saturated heterocycles. The molecule has 1 aromatic rings. The van der Waals surface area contributed by atoms with Crippen molar-refractivity contribution in [1.82, 2.24) is 14.5 Å². The molecule has 4 nitrogen and oxygen atoms in total. The maximum absolute atomic E-state index is 11.0. The Morgan fingerprint density at radius 3 is 3.13 bits per heavy atom. The zero-order valence-electron chi connectivity index (χ0n) is 9.31. The second-order valence-corrected chi connectivity index (χ2v) is 4.26. The minimum atomic E-state index is 0.261. The van der Waals surface area contributed by atoms with Crippen molar-refractivity contribution < 1.29 is 4.79 Å². The Morgan fingerprint density at radius 2 is 2.40 bits per heavy atom. The van der Waals surface area contributed by atoms with Crippen LogP contribution in [-0.2, 0) is 17.9 Å². The normalized spacial score (nSPS) is 18.5. The highest BCUT2D eigenvalue weighted by Gasteiger charge is 2.21. The molecule has 2 rings (SSSR count). The summed E-state index contributed by atoms with van der Waals surface area (Å²) < 4.78 is 2.18. The van der Waals surface area contributed by atoms with Gasteiger partial charge in [0.2, 0.25) is 0 Å². The van der Waals surface area contributed by atoms with Crippen LogP contribution in [-0.4, -0.2) is 32.8 Å². The number of imidazole rings is 1. The standard InChI is InChI=1S/C11H17N3O/c1-9(7-10(2)15)14-6-5-13-4-3-12-11(13)8-14/h3-4,9H,5-8H2,1-2H3. The van der Waals surface area contributed by atoms with Crippen LogP contribution in [0.2, 0.25) is 0 Å². The Labute approximate surface area is 89.9 Å². The third kappa shape index (κ3) is 2.26. The monoisotopic (exact) mass is 207 g/mol. The zero-order chi connectivity index (χ0) is 10.8. The number of nitrogens with zero attached hydrogens (tertiary/aromatic N) is 3. The van der Waals surface area contributed by atoms with Crippen molar-refractivity contribution in [1.29, 1.82) is 0 Å². The minimum absolute atomic E-state index is 0.261. The molecule has 0 aromatic carbocycles. The molecule has 2 heterocycles. The van der Waals surface area contributed by atoms with Crippen molar-refractivity contribution in [3.05, 3.63) is 18.2 Å². The lowest BCUT2D eigenvalue weighted by atomic mass is 10.1. The molecule has 0 spiro atoms. The summed E-state index contributed by atoms with van der Waals surface area (Å²) in [6.07, 6.45) is 4.50. The molecule has 0 saturated carbocycles. The summed E-state index contributed by atoms with van der Waals surface area (Å²) in [7, 11) is 0. The summed E-state index contributed by atoms with van der Waals surface area (Å²) in [5.74, 6) is 1.37. The van der Waals surface area contributed by atoms with Gasteiger partial charge in [-0.15, -0.1) is 0 Å². The lowest BCUT2D eigenvalue weighted by Crippen LogP contribution is -2.40. The van der Waals surface area contributed by atoms with Gasteiger partial charge in [-0.25, -0.2) is 4.98 Å². The summed E-state index contributed by atoms with van der Waals surface area (Å²) in [6.45, 7) is 6.62. The van der Waals surface area contributed by atoms with E-state index in [9.17, 15) is 4.79 Å². The Morgan fingerprint density at radius 1 is 1.60 bits per heavy atom. The number of carbonyl (C=O) groups is 1. The molecule has 0 bridgehead atoms. The fraction of sp³-hybridized carbons (Fsp3) is 0.636. The van der Waals surface area contributed by atoms with Gasteiger partial charge >= 0.3 is 0 Å². The molecule has 1 aliphatic rings. The number of carbonyl (C=O) groups excluding carboxylic acids is 1. The summed E-state index contributed by atoms with van der Waals surface area (Å²) in [5.41, 5.74) is 0. The van der Waals surface area contributed by atoms with Gasteiger partial charge in [0.1, 0.15) is 11.6 Å². The molecule has 15 heavy (non-hydrogen) atoms. The van der Waals surface area contributed by atoms with E-state index in [-0.39, 0.29) is 5.78 Å². The van der Waals surface area contributed by atoms with E-state index >= 15 is 0 Å². The third-order valence-corrected chi connectivity index (χ3v) is 2.98. The van der Waals surface area contributed by atoms with Crippen LogP contribution in [0.15, 0.2) is 12.4 Å². The predicted octanol–water partition coefficient (Wildman–Crippen LogP) is 1.07. The van der Waals surface area contributed by atoms with Crippen LogP contribution >= 0.6 is 0 Å². The number of hydrogen-bond donors (Lipinski definition) is 0. The number of aromatic nitrogens is 2. The van der Waals surface area contributed by atoms with Crippen LogP contribution in [0.25, 0.3) is 0 Å². The van der Waals surface area contributed by atoms with E-state index in [1.165, 1.54) is 0 Å². The van der Waals surface area contributed by atoms with Crippen molar-refractivity contribution in [2.45, 2.75) is 39.4 Å². The topological polar surface area (TPSA) is 38.1 Å². The molecule has 0 radical (unpaired) electrons. The van der Waals surface area contributed by atoms with E-state index in [2.05, 4.69) is 21.4 Å². The highest BCUT2D eigenvalue weighted by molar-refractivity contribution is 5.76. The van der Waals surface area contributed by atoms with Crippen LogP contribution in [0.3, 0.4) is 0 Å². The first kappa shape index (κ1) is 10.4. The molecule has 1 unspecified atom stereocenters. The van der Waals surface area contributed by atoms with Gasteiger partial charge in [-0.3, -0.25) is 9.69 Å². The molecule has 0 N–H and O–H groups in total. The lowest BCUT2D eigenvalue weighted by molar-refractivity contribution is -0.118. The first-order chi connectivity index (χ1) is 7.16. The molecule has 82 valence electrons. The molecule has 1 aliphatic heterocycles. The van der Waals surface area contributed by atoms with Crippen LogP contribution in [0.4, 0.5) is 0 Å². The average Bonchev–Trinajstić information content (AvgIpc) is 2.62. The molecule has 4 heteroatoms. The van der Waals surface area contributed by atoms with Crippen molar-refractivity contribution >= 4 is 5.78 Å². The molecule has 0 amide bonds. The van der Waals surface area contributed by atoms with Gasteiger partial charge in [0.25, 0.3) is 0 Å². The largest absolute Gasteiger partial charge is 0.333 e. The van der Waals surface area contributed by atoms with Gasteiger partial charge in [-0.1, -0.05) is 0 Å². The number of ketones is 1. The summed E-state index contributed by atoms with van der Waals surface area (Å²) in [4.78, 5) is 17.7. The van der Waals surface area contributed by atoms with Crippen LogP contribution < -0.4 is 0 Å². The Hall–Kier alpha value is -1.16. The van der Waals surface area contributed by atoms with E-state index < -0.39 is 0 Å². The Balaban J connectivity index is 2.00. The number of hydrogen-bond acceptors (Lipinski definition) is 3. The average molecular weight is 207 g/mol. The summed E-state index contributed by atoms with van der Waals surface area (Å²) in [5, 5.41) is 0. The fourth-order valence-electron chi connectivity index (χ4n) is 2.11. The van der Waals surface area contributed by atoms with Crippen molar-refractivity contribution in [3.8, 4) is 0 Å². The first-order valence-corrected chi connectivity index (χ1v) is 5.40. The van der Waals surface area contributed by atoms with Crippen LogP contribution in [0.1, 0.15) is 26.1 Å². The maximum Gasteiger partial charge on any atom is 0.131 e. The van der Waals surface area contributed by atoms with Gasteiger partial charge < -0.3 is 4.57 Å². The van der Waals surface area contributed by atoms with Crippen LogP contribution in [0.5, 0.6) is 0 Å². The molecule has 0 fully saturated rings. The Bertz CT molecular complexity index is 358. The first-order valence-electron chi connectivity index (χ1n) is 5.40. The molecule has 0 aliphatic carbocycles. The van der Waals surface area contributed by atoms with Gasteiger partial charge in [0.15, 0.2) is 0 Å². The lowest BCUT2D eigenvalue weighted by Gasteiger charge is -2.32. The van der Waals surface area contributed by atoms with E-state index in [0.717, 1.165) is 25.5 Å². The number of rotatable bonds is 3. The smallest absolute Gasteiger partial charge is 0.131 e. The summed E-state index contributed by atoms with van der Waals surface area (Å²) >= 11 is 0. The maximum atomic E-state index is 11.0. The van der Waals surface area contributed by atoms with E-state index in [1.54, 1.807) is 6.92 Å². The molecular weight excluding hydrogens is 190 g/mol. The summed E-state index contributed by atoms with van der Waals surface area (Å²) in [6, 6.07) is 0.327. The SMILES string of the molecule is CC(=O)CC(C)N1CCn2ccnc2C1. The van der Waals surface area contributed by atoms with E-state index in [1.807, 2.05) is 12.4 Å². The van der Waals surface area contributed by atoms with E-state index in [0.29, 0.717) is 12.5 Å². The highest BCUT2D eigenvalue weighted by atomic mass is 16.1. The quantitative estimate of drug-likeness (QED) is 0.744. The second-order valence-electron chi connectivity index (χ2n) is 4.26. The van der Waals surface area contributed by atoms with Crippen molar-refractivity contribution in [2.75, 3.05) is 6.54 Å². The Kier molecular flexibility index (Phi) is 2.86. The van der Waals surface area contributed by atoms with Gasteiger partial charge in [0, 0.05) is 37.9 Å². The minimum Gasteiger partial charge on any atom is -0.333 e. The zero-order valence-corrected chi connectivity index (χ0v) is 9.31. The van der Waals surface area contributed by atoms with Crippen molar-refractivity contribution in [2.24, 2.45) is 0 Å². The van der Waals surface area contributed by atoms with Crippen LogP contribution in [0, 0.1) is 0 Å². The van der Waals surface area contributed by atoms with E-state index in [4.69, 9.17) is 0 Å². The number of Topliss-reactive ketones (excluding diaryl/α,β-unsaturated/α-hetero) is 1.